The minimum Gasteiger partial charge on any atom is -0.325 e. The average Bonchev–Trinajstić information content (AvgIpc) is 2.93. The Hall–Kier alpha value is -1.43. The molecule has 0 atom stereocenters. The molecule has 0 bridgehead atoms. The Kier molecular flexibility index (Phi) is 2.58. The number of rotatable bonds is 2. The van der Waals surface area contributed by atoms with Crippen LogP contribution in [0.1, 0.15) is 5.69 Å². The zero-order chi connectivity index (χ0) is 11.8. The summed E-state index contributed by atoms with van der Waals surface area (Å²) in [5.41, 5.74) is 7.39. The molecule has 86 valence electrons. The summed E-state index contributed by atoms with van der Waals surface area (Å²) < 4.78 is 2.50. The molecule has 0 radical (unpaired) electrons. The van der Waals surface area contributed by atoms with Gasteiger partial charge in [-0.2, -0.15) is 0 Å². The minimum absolute atomic E-state index is 0.436. The molecule has 4 nitrogen and oxygen atoms in total. The van der Waals surface area contributed by atoms with Gasteiger partial charge in [-0.25, -0.2) is 9.50 Å². The first-order valence-electron chi connectivity index (χ1n) is 5.08. The Bertz CT molecular complexity index is 673. The lowest BCUT2D eigenvalue weighted by molar-refractivity contribution is 0.853. The van der Waals surface area contributed by atoms with Gasteiger partial charge in [-0.05, 0) is 24.3 Å². The molecule has 0 unspecified atom stereocenters. The number of halogens is 1. The van der Waals surface area contributed by atoms with Crippen LogP contribution in [0.15, 0.2) is 30.3 Å². The van der Waals surface area contributed by atoms with Crippen LogP contribution in [0, 0.1) is 0 Å². The standard InChI is InChI=1S/C11H9ClN4S/c12-9-5-4-8(17-9)11-14-10-3-1-2-7(6-13)16(10)15-11/h1-5H,6,13H2. The largest absolute Gasteiger partial charge is 0.325 e. The average molecular weight is 265 g/mol. The van der Waals surface area contributed by atoms with Gasteiger partial charge in [0.05, 0.1) is 14.9 Å². The van der Waals surface area contributed by atoms with Crippen molar-refractivity contribution in [1.29, 1.82) is 0 Å². The van der Waals surface area contributed by atoms with Crippen LogP contribution in [0.2, 0.25) is 4.34 Å². The van der Waals surface area contributed by atoms with Gasteiger partial charge in [-0.3, -0.25) is 0 Å². The number of aromatic nitrogens is 3. The molecular weight excluding hydrogens is 256 g/mol. The van der Waals surface area contributed by atoms with Crippen molar-refractivity contribution in [3.63, 3.8) is 0 Å². The number of nitrogens with zero attached hydrogens (tertiary/aromatic N) is 3. The lowest BCUT2D eigenvalue weighted by atomic mass is 10.3. The van der Waals surface area contributed by atoms with Gasteiger partial charge in [0.25, 0.3) is 0 Å². The number of hydrogen-bond donors (Lipinski definition) is 1. The van der Waals surface area contributed by atoms with Gasteiger partial charge < -0.3 is 5.73 Å². The second-order valence-corrected chi connectivity index (χ2v) is 5.25. The number of fused-ring (bicyclic) bond motifs is 1. The maximum absolute atomic E-state index is 5.90. The van der Waals surface area contributed by atoms with E-state index < -0.39 is 0 Å². The van der Waals surface area contributed by atoms with Crippen molar-refractivity contribution in [2.75, 3.05) is 0 Å². The smallest absolute Gasteiger partial charge is 0.192 e. The predicted molar refractivity (Wildman–Crippen MR) is 69.2 cm³/mol. The summed E-state index contributed by atoms with van der Waals surface area (Å²) in [6.07, 6.45) is 0. The molecule has 0 aliphatic carbocycles. The van der Waals surface area contributed by atoms with Crippen LogP contribution in [0.4, 0.5) is 0 Å². The lowest BCUT2D eigenvalue weighted by Gasteiger charge is -1.98. The molecule has 3 aromatic rings. The molecule has 3 rings (SSSR count). The van der Waals surface area contributed by atoms with Crippen LogP contribution < -0.4 is 5.73 Å². The summed E-state index contributed by atoms with van der Waals surface area (Å²) in [6, 6.07) is 9.54. The molecule has 0 aliphatic heterocycles. The third-order valence-corrected chi connectivity index (χ3v) is 3.67. The van der Waals surface area contributed by atoms with E-state index in [2.05, 4.69) is 10.1 Å². The summed E-state index contributed by atoms with van der Waals surface area (Å²) in [7, 11) is 0. The van der Waals surface area contributed by atoms with Gasteiger partial charge in [0.2, 0.25) is 0 Å². The third-order valence-electron chi connectivity index (χ3n) is 2.44. The highest BCUT2D eigenvalue weighted by Crippen LogP contribution is 2.29. The van der Waals surface area contributed by atoms with E-state index in [-0.39, 0.29) is 0 Å². The van der Waals surface area contributed by atoms with Crippen molar-refractivity contribution in [2.45, 2.75) is 6.54 Å². The Morgan fingerprint density at radius 2 is 2.18 bits per heavy atom. The molecule has 0 saturated carbocycles. The van der Waals surface area contributed by atoms with Crippen molar-refractivity contribution in [3.8, 4) is 10.7 Å². The molecule has 0 fully saturated rings. The van der Waals surface area contributed by atoms with Crippen LogP contribution >= 0.6 is 22.9 Å². The summed E-state index contributed by atoms with van der Waals surface area (Å²) >= 11 is 7.37. The Labute approximate surface area is 107 Å². The van der Waals surface area contributed by atoms with E-state index in [0.717, 1.165) is 20.6 Å². The van der Waals surface area contributed by atoms with Gasteiger partial charge in [-0.1, -0.05) is 17.7 Å². The van der Waals surface area contributed by atoms with E-state index in [0.29, 0.717) is 12.4 Å². The Morgan fingerprint density at radius 3 is 2.88 bits per heavy atom. The highest BCUT2D eigenvalue weighted by molar-refractivity contribution is 7.19. The van der Waals surface area contributed by atoms with Gasteiger partial charge in [0.1, 0.15) is 0 Å². The molecule has 0 aliphatic rings. The molecule has 0 spiro atoms. The van der Waals surface area contributed by atoms with Gasteiger partial charge >= 0.3 is 0 Å². The fraction of sp³-hybridized carbons (Fsp3) is 0.0909. The summed E-state index contributed by atoms with van der Waals surface area (Å²) in [6.45, 7) is 0.436. The maximum Gasteiger partial charge on any atom is 0.192 e. The molecule has 2 N–H and O–H groups in total. The molecule has 6 heteroatoms. The lowest BCUT2D eigenvalue weighted by Crippen LogP contribution is -2.04. The highest BCUT2D eigenvalue weighted by Gasteiger charge is 2.10. The van der Waals surface area contributed by atoms with E-state index in [4.69, 9.17) is 17.3 Å². The summed E-state index contributed by atoms with van der Waals surface area (Å²) in [4.78, 5) is 5.41. The molecule has 0 amide bonds. The summed E-state index contributed by atoms with van der Waals surface area (Å²) in [5.74, 6) is 0.683. The first-order valence-corrected chi connectivity index (χ1v) is 6.28. The first kappa shape index (κ1) is 10.7. The van der Waals surface area contributed by atoms with Crippen molar-refractivity contribution in [1.82, 2.24) is 14.6 Å². The van der Waals surface area contributed by atoms with Crippen LogP contribution in [0.25, 0.3) is 16.3 Å². The molecule has 3 aromatic heterocycles. The van der Waals surface area contributed by atoms with E-state index >= 15 is 0 Å². The second kappa shape index (κ2) is 4.10. The highest BCUT2D eigenvalue weighted by atomic mass is 35.5. The normalized spacial score (nSPS) is 11.2. The minimum atomic E-state index is 0.436. The first-order chi connectivity index (χ1) is 8.28. The summed E-state index contributed by atoms with van der Waals surface area (Å²) in [5, 5.41) is 4.44. The predicted octanol–water partition coefficient (Wildman–Crippen LogP) is 2.57. The number of nitrogens with two attached hydrogens (primary N) is 1. The van der Waals surface area contributed by atoms with Crippen LogP contribution in [-0.4, -0.2) is 14.6 Å². The molecule has 0 saturated heterocycles. The molecule has 3 heterocycles. The maximum atomic E-state index is 5.90. The monoisotopic (exact) mass is 264 g/mol. The van der Waals surface area contributed by atoms with Crippen LogP contribution in [0.3, 0.4) is 0 Å². The number of hydrogen-bond acceptors (Lipinski definition) is 4. The Morgan fingerprint density at radius 1 is 1.29 bits per heavy atom. The van der Waals surface area contributed by atoms with Gasteiger partial charge in [-0.15, -0.1) is 16.4 Å². The SMILES string of the molecule is NCc1cccc2nc(-c3ccc(Cl)s3)nn12. The van der Waals surface area contributed by atoms with Crippen molar-refractivity contribution < 1.29 is 0 Å². The zero-order valence-electron chi connectivity index (χ0n) is 8.80. The quantitative estimate of drug-likeness (QED) is 0.774. The van der Waals surface area contributed by atoms with Crippen molar-refractivity contribution >= 4 is 28.6 Å². The zero-order valence-corrected chi connectivity index (χ0v) is 10.4. The Balaban J connectivity index is 2.19. The third kappa shape index (κ3) is 1.82. The molecule has 0 aromatic carbocycles. The van der Waals surface area contributed by atoms with Crippen LogP contribution in [-0.2, 0) is 6.54 Å². The van der Waals surface area contributed by atoms with E-state index in [1.165, 1.54) is 11.3 Å². The fourth-order valence-electron chi connectivity index (χ4n) is 1.65. The van der Waals surface area contributed by atoms with Crippen molar-refractivity contribution in [2.24, 2.45) is 5.73 Å². The van der Waals surface area contributed by atoms with E-state index in [1.54, 1.807) is 4.52 Å². The van der Waals surface area contributed by atoms with Gasteiger partial charge in [0.15, 0.2) is 11.5 Å². The van der Waals surface area contributed by atoms with Crippen molar-refractivity contribution in [3.05, 3.63) is 40.4 Å². The molecule has 17 heavy (non-hydrogen) atoms. The number of pyridine rings is 1. The van der Waals surface area contributed by atoms with Crippen LogP contribution in [0.5, 0.6) is 0 Å². The topological polar surface area (TPSA) is 56.2 Å². The van der Waals surface area contributed by atoms with E-state index in [1.807, 2.05) is 30.3 Å². The second-order valence-electron chi connectivity index (χ2n) is 3.53. The van der Waals surface area contributed by atoms with E-state index in [9.17, 15) is 0 Å². The fourth-order valence-corrected chi connectivity index (χ4v) is 2.62. The molecular formula is C11H9ClN4S. The number of thiophene rings is 1. The van der Waals surface area contributed by atoms with Gasteiger partial charge in [0, 0.05) is 6.54 Å².